The molecular formula is C14H13N5O2. The number of aromatic nitrogens is 2. The van der Waals surface area contributed by atoms with Crippen LogP contribution >= 0.6 is 0 Å². The average molecular weight is 283 g/mol. The third kappa shape index (κ3) is 2.30. The molecule has 1 heterocycles. The van der Waals surface area contributed by atoms with Crippen molar-refractivity contribution in [2.24, 2.45) is 5.84 Å². The van der Waals surface area contributed by atoms with Gasteiger partial charge < -0.3 is 9.99 Å². The van der Waals surface area contributed by atoms with Crippen molar-refractivity contribution in [1.82, 2.24) is 9.55 Å². The molecule has 3 N–H and O–H groups in total. The fraction of sp³-hybridized carbons (Fsp3) is 0.0714. The number of nitro groups is 1. The summed E-state index contributed by atoms with van der Waals surface area (Å²) in [5, 5.41) is 11.0. The van der Waals surface area contributed by atoms with Crippen molar-refractivity contribution in [2.45, 2.75) is 6.54 Å². The van der Waals surface area contributed by atoms with Gasteiger partial charge in [0.1, 0.15) is 5.69 Å². The molecule has 0 unspecified atom stereocenters. The maximum atomic E-state index is 11.0. The third-order valence-electron chi connectivity index (χ3n) is 3.34. The number of imidazole rings is 1. The lowest BCUT2D eigenvalue weighted by molar-refractivity contribution is -0.384. The summed E-state index contributed by atoms with van der Waals surface area (Å²) in [6.07, 6.45) is 1.71. The van der Waals surface area contributed by atoms with E-state index in [2.05, 4.69) is 10.4 Å². The van der Waals surface area contributed by atoms with E-state index < -0.39 is 4.92 Å². The monoisotopic (exact) mass is 283 g/mol. The lowest BCUT2D eigenvalue weighted by Crippen LogP contribution is -2.13. The first-order valence-corrected chi connectivity index (χ1v) is 6.33. The summed E-state index contributed by atoms with van der Waals surface area (Å²) in [5.74, 6) is 5.45. The second-order valence-corrected chi connectivity index (χ2v) is 4.57. The summed E-state index contributed by atoms with van der Waals surface area (Å²) in [7, 11) is 0. The van der Waals surface area contributed by atoms with Crippen molar-refractivity contribution >= 4 is 22.4 Å². The normalized spacial score (nSPS) is 10.7. The number of hydrogen-bond donors (Lipinski definition) is 2. The molecular weight excluding hydrogens is 270 g/mol. The fourth-order valence-electron chi connectivity index (χ4n) is 2.36. The number of nitrogens with two attached hydrogens (primary N) is 1. The summed E-state index contributed by atoms with van der Waals surface area (Å²) < 4.78 is 1.93. The van der Waals surface area contributed by atoms with Crippen LogP contribution in [0.15, 0.2) is 48.8 Å². The molecule has 0 aliphatic carbocycles. The van der Waals surface area contributed by atoms with Crippen molar-refractivity contribution in [1.29, 1.82) is 0 Å². The number of nitrogen functional groups attached to an aromatic ring is 1. The van der Waals surface area contributed by atoms with Crippen LogP contribution in [-0.2, 0) is 6.54 Å². The van der Waals surface area contributed by atoms with Gasteiger partial charge in [-0.15, -0.1) is 0 Å². The van der Waals surface area contributed by atoms with Crippen LogP contribution in [0.2, 0.25) is 0 Å². The maximum absolute atomic E-state index is 11.0. The van der Waals surface area contributed by atoms with Gasteiger partial charge in [-0.05, 0) is 12.1 Å². The van der Waals surface area contributed by atoms with Crippen molar-refractivity contribution in [3.05, 3.63) is 64.5 Å². The minimum Gasteiger partial charge on any atom is -0.326 e. The molecule has 0 saturated carbocycles. The van der Waals surface area contributed by atoms with Crippen molar-refractivity contribution in [2.75, 3.05) is 5.43 Å². The first-order chi connectivity index (χ1) is 10.2. The quantitative estimate of drug-likeness (QED) is 0.435. The molecule has 0 amide bonds. The van der Waals surface area contributed by atoms with Gasteiger partial charge in [0.25, 0.3) is 5.69 Å². The number of hydrazine groups is 1. The summed E-state index contributed by atoms with van der Waals surface area (Å²) >= 11 is 0. The van der Waals surface area contributed by atoms with Gasteiger partial charge in [-0.2, -0.15) is 0 Å². The van der Waals surface area contributed by atoms with Gasteiger partial charge in [0.05, 0.1) is 28.8 Å². The lowest BCUT2D eigenvalue weighted by Gasteiger charge is -2.10. The number of fused-ring (bicyclic) bond motifs is 1. The Bertz CT molecular complexity index is 812. The third-order valence-corrected chi connectivity index (χ3v) is 3.34. The number of para-hydroxylation sites is 3. The molecule has 0 spiro atoms. The number of rotatable bonds is 4. The fourth-order valence-corrected chi connectivity index (χ4v) is 2.36. The van der Waals surface area contributed by atoms with E-state index >= 15 is 0 Å². The number of nitro benzene ring substituents is 1. The van der Waals surface area contributed by atoms with Crippen molar-refractivity contribution in [3.8, 4) is 0 Å². The van der Waals surface area contributed by atoms with Crippen LogP contribution in [0.3, 0.4) is 0 Å². The van der Waals surface area contributed by atoms with E-state index in [0.29, 0.717) is 12.2 Å². The molecule has 1 aromatic heterocycles. The second-order valence-electron chi connectivity index (χ2n) is 4.57. The van der Waals surface area contributed by atoms with Gasteiger partial charge in [-0.25, -0.2) is 4.98 Å². The predicted molar refractivity (Wildman–Crippen MR) is 79.7 cm³/mol. The first-order valence-electron chi connectivity index (χ1n) is 6.33. The van der Waals surface area contributed by atoms with E-state index in [0.717, 1.165) is 16.6 Å². The van der Waals surface area contributed by atoms with Crippen LogP contribution < -0.4 is 11.3 Å². The summed E-state index contributed by atoms with van der Waals surface area (Å²) in [6, 6.07) is 12.6. The van der Waals surface area contributed by atoms with E-state index in [-0.39, 0.29) is 5.69 Å². The summed E-state index contributed by atoms with van der Waals surface area (Å²) in [4.78, 5) is 14.9. The standard InChI is InChI=1S/C14H13N5O2/c15-17-14-10(4-3-7-13(14)19(20)21)8-18-9-16-11-5-1-2-6-12(11)18/h1-7,9,17H,8,15H2. The summed E-state index contributed by atoms with van der Waals surface area (Å²) in [5.41, 5.74) is 5.28. The Balaban J connectivity index is 2.06. The zero-order valence-corrected chi connectivity index (χ0v) is 11.1. The van der Waals surface area contributed by atoms with E-state index in [1.165, 1.54) is 6.07 Å². The highest BCUT2D eigenvalue weighted by Gasteiger charge is 2.17. The zero-order valence-electron chi connectivity index (χ0n) is 11.1. The van der Waals surface area contributed by atoms with Gasteiger partial charge >= 0.3 is 0 Å². The average Bonchev–Trinajstić information content (AvgIpc) is 2.90. The van der Waals surface area contributed by atoms with Gasteiger partial charge in [0.15, 0.2) is 0 Å². The highest BCUT2D eigenvalue weighted by Crippen LogP contribution is 2.28. The molecule has 3 rings (SSSR count). The molecule has 21 heavy (non-hydrogen) atoms. The maximum Gasteiger partial charge on any atom is 0.293 e. The first kappa shape index (κ1) is 13.1. The van der Waals surface area contributed by atoms with E-state index in [9.17, 15) is 10.1 Å². The van der Waals surface area contributed by atoms with Crippen LogP contribution in [0.5, 0.6) is 0 Å². The Kier molecular flexibility index (Phi) is 3.25. The highest BCUT2D eigenvalue weighted by atomic mass is 16.6. The minimum absolute atomic E-state index is 0.0422. The van der Waals surface area contributed by atoms with Crippen LogP contribution in [0.4, 0.5) is 11.4 Å². The van der Waals surface area contributed by atoms with Crippen molar-refractivity contribution < 1.29 is 4.92 Å². The molecule has 0 aliphatic heterocycles. The number of anilines is 1. The lowest BCUT2D eigenvalue weighted by atomic mass is 10.1. The molecule has 106 valence electrons. The Hall–Kier alpha value is -2.93. The topological polar surface area (TPSA) is 99.0 Å². The SMILES string of the molecule is NNc1c(Cn2cnc3ccccc32)cccc1[N+](=O)[O-]. The van der Waals surface area contributed by atoms with E-state index in [4.69, 9.17) is 5.84 Å². The summed E-state index contributed by atoms with van der Waals surface area (Å²) in [6.45, 7) is 0.446. The molecule has 0 radical (unpaired) electrons. The Morgan fingerprint density at radius 1 is 1.24 bits per heavy atom. The zero-order chi connectivity index (χ0) is 14.8. The molecule has 0 saturated heterocycles. The van der Waals surface area contributed by atoms with Crippen LogP contribution in [0.25, 0.3) is 11.0 Å². The minimum atomic E-state index is -0.454. The smallest absolute Gasteiger partial charge is 0.293 e. The molecule has 7 heteroatoms. The molecule has 0 atom stereocenters. The number of hydrogen-bond acceptors (Lipinski definition) is 5. The number of nitrogens with one attached hydrogen (secondary N) is 1. The van der Waals surface area contributed by atoms with Crippen molar-refractivity contribution in [3.63, 3.8) is 0 Å². The van der Waals surface area contributed by atoms with E-state index in [1.54, 1.807) is 18.5 Å². The predicted octanol–water partition coefficient (Wildman–Crippen LogP) is 2.28. The van der Waals surface area contributed by atoms with Crippen LogP contribution in [0, 0.1) is 10.1 Å². The molecule has 0 fully saturated rings. The second kappa shape index (κ2) is 5.22. The largest absolute Gasteiger partial charge is 0.326 e. The molecule has 7 nitrogen and oxygen atoms in total. The Morgan fingerprint density at radius 2 is 2.05 bits per heavy atom. The van der Waals surface area contributed by atoms with Gasteiger partial charge in [0.2, 0.25) is 0 Å². The molecule has 0 aliphatic rings. The molecule has 3 aromatic rings. The van der Waals surface area contributed by atoms with Gasteiger partial charge in [-0.1, -0.05) is 24.3 Å². The highest BCUT2D eigenvalue weighted by molar-refractivity contribution is 5.75. The van der Waals surface area contributed by atoms with Gasteiger partial charge in [0, 0.05) is 11.6 Å². The van der Waals surface area contributed by atoms with Gasteiger partial charge in [-0.3, -0.25) is 16.0 Å². The number of benzene rings is 2. The Labute approximate surface area is 120 Å². The number of nitrogens with zero attached hydrogens (tertiary/aromatic N) is 3. The van der Waals surface area contributed by atoms with E-state index in [1.807, 2.05) is 28.8 Å². The Morgan fingerprint density at radius 3 is 2.81 bits per heavy atom. The van der Waals surface area contributed by atoms with Crippen LogP contribution in [-0.4, -0.2) is 14.5 Å². The van der Waals surface area contributed by atoms with Crippen LogP contribution in [0.1, 0.15) is 5.56 Å². The molecule has 0 bridgehead atoms. The molecule has 2 aromatic carbocycles.